The van der Waals surface area contributed by atoms with Crippen LogP contribution < -0.4 is 5.32 Å². The average Bonchev–Trinajstić information content (AvgIpc) is 1.80. The molecule has 0 saturated carbocycles. The Morgan fingerprint density at radius 3 is 1.50 bits per heavy atom. The first-order chi connectivity index (χ1) is 5.90. The van der Waals surface area contributed by atoms with Gasteiger partial charge in [-0.15, -0.1) is 0 Å². The fourth-order valence-corrected chi connectivity index (χ4v) is 2.08. The molecule has 0 fully saturated rings. The Labute approximate surface area is 103 Å². The maximum Gasteiger partial charge on any atom is 0.0421 e. The highest BCUT2D eigenvalue weighted by Gasteiger charge is 2.41. The minimum Gasteiger partial charge on any atom is -0.305 e. The second-order valence-electron chi connectivity index (χ2n) is 6.04. The lowest BCUT2D eigenvalue weighted by Crippen LogP contribution is -2.65. The van der Waals surface area contributed by atoms with Gasteiger partial charge in [0.1, 0.15) is 0 Å². The predicted molar refractivity (Wildman–Crippen MR) is 72.8 cm³/mol. The van der Waals surface area contributed by atoms with Gasteiger partial charge in [0, 0.05) is 39.5 Å². The lowest BCUT2D eigenvalue weighted by Gasteiger charge is -2.49. The summed E-state index contributed by atoms with van der Waals surface area (Å²) in [6.07, 6.45) is 0. The first-order valence-corrected chi connectivity index (χ1v) is 6.05. The summed E-state index contributed by atoms with van der Waals surface area (Å²) in [7, 11) is 2.12. The molecule has 0 aromatic rings. The van der Waals surface area contributed by atoms with E-state index >= 15 is 0 Å². The van der Waals surface area contributed by atoms with E-state index in [1.54, 1.807) is 0 Å². The molecule has 0 spiro atoms. The van der Waals surface area contributed by atoms with Crippen molar-refractivity contribution >= 4 is 22.9 Å². The van der Waals surface area contributed by atoms with E-state index in [4.69, 9.17) is 0 Å². The molecule has 0 aliphatic carbocycles. The molecule has 14 heavy (non-hydrogen) atoms. The molecule has 0 radical (unpaired) electrons. The Morgan fingerprint density at radius 1 is 0.929 bits per heavy atom. The van der Waals surface area contributed by atoms with Crippen molar-refractivity contribution in [2.45, 2.75) is 65.1 Å². The van der Waals surface area contributed by atoms with Gasteiger partial charge in [-0.05, 0) is 55.5 Å². The molecule has 86 valence electrons. The SMILES string of the molecule is CN(I)C(C)(C)C(C)(C)NC(C)(C)C. The summed E-state index contributed by atoms with van der Waals surface area (Å²) in [4.78, 5) is 0. The number of rotatable bonds is 3. The second kappa shape index (κ2) is 4.26. The van der Waals surface area contributed by atoms with E-state index in [0.29, 0.717) is 0 Å². The van der Waals surface area contributed by atoms with Gasteiger partial charge in [-0.2, -0.15) is 0 Å². The zero-order chi connectivity index (χ0) is 11.8. The van der Waals surface area contributed by atoms with Crippen molar-refractivity contribution in [1.82, 2.24) is 8.43 Å². The van der Waals surface area contributed by atoms with Crippen LogP contribution in [0, 0.1) is 0 Å². The largest absolute Gasteiger partial charge is 0.305 e. The Bertz CT molecular complexity index is 190. The van der Waals surface area contributed by atoms with E-state index in [1.807, 2.05) is 0 Å². The molecule has 3 heteroatoms. The summed E-state index contributed by atoms with van der Waals surface area (Å²) in [6, 6.07) is 0. The van der Waals surface area contributed by atoms with Crippen LogP contribution in [0.1, 0.15) is 48.5 Å². The molecule has 0 atom stereocenters. The lowest BCUT2D eigenvalue weighted by atomic mass is 9.81. The number of nitrogens with zero attached hydrogens (tertiary/aromatic N) is 1. The number of nitrogens with one attached hydrogen (secondary N) is 1. The molecule has 0 aliphatic rings. The van der Waals surface area contributed by atoms with Gasteiger partial charge in [0.15, 0.2) is 0 Å². The average molecular weight is 312 g/mol. The number of hydrogen-bond donors (Lipinski definition) is 1. The summed E-state index contributed by atoms with van der Waals surface area (Å²) < 4.78 is 2.24. The van der Waals surface area contributed by atoms with Crippen LogP contribution in [-0.4, -0.2) is 26.8 Å². The van der Waals surface area contributed by atoms with Crippen LogP contribution in [0.2, 0.25) is 0 Å². The smallest absolute Gasteiger partial charge is 0.0421 e. The van der Waals surface area contributed by atoms with Crippen molar-refractivity contribution < 1.29 is 0 Å². The van der Waals surface area contributed by atoms with Gasteiger partial charge in [-0.25, -0.2) is 3.11 Å². The Hall–Kier alpha value is 0.650. The highest BCUT2D eigenvalue weighted by molar-refractivity contribution is 14.1. The van der Waals surface area contributed by atoms with Gasteiger partial charge in [-0.3, -0.25) is 0 Å². The molecule has 0 heterocycles. The minimum atomic E-state index is 0.0706. The predicted octanol–water partition coefficient (Wildman–Crippen LogP) is 3.21. The fourth-order valence-electron chi connectivity index (χ4n) is 1.48. The van der Waals surface area contributed by atoms with Gasteiger partial charge in [0.05, 0.1) is 0 Å². The van der Waals surface area contributed by atoms with Gasteiger partial charge in [-0.1, -0.05) is 0 Å². The summed E-state index contributed by atoms with van der Waals surface area (Å²) >= 11 is 2.36. The molecule has 0 bridgehead atoms. The maximum atomic E-state index is 3.67. The van der Waals surface area contributed by atoms with Crippen molar-refractivity contribution in [3.63, 3.8) is 0 Å². The number of halogens is 1. The molecule has 0 aromatic carbocycles. The minimum absolute atomic E-state index is 0.0706. The van der Waals surface area contributed by atoms with Gasteiger partial charge >= 0.3 is 0 Å². The highest BCUT2D eigenvalue weighted by atomic mass is 127. The summed E-state index contributed by atoms with van der Waals surface area (Å²) in [5, 5.41) is 3.67. The van der Waals surface area contributed by atoms with Crippen LogP contribution in [0.5, 0.6) is 0 Å². The van der Waals surface area contributed by atoms with Crippen LogP contribution in [0.3, 0.4) is 0 Å². The second-order valence-corrected chi connectivity index (χ2v) is 7.48. The summed E-state index contributed by atoms with van der Waals surface area (Å²) in [5.41, 5.74) is 0.329. The molecule has 0 unspecified atom stereocenters. The monoisotopic (exact) mass is 312 g/mol. The fraction of sp³-hybridized carbons (Fsp3) is 1.00. The molecule has 0 saturated heterocycles. The third kappa shape index (κ3) is 3.66. The Kier molecular flexibility index (Phi) is 4.46. The summed E-state index contributed by atoms with van der Waals surface area (Å²) in [6.45, 7) is 15.7. The van der Waals surface area contributed by atoms with Crippen LogP contribution in [0.15, 0.2) is 0 Å². The van der Waals surface area contributed by atoms with Gasteiger partial charge in [0.2, 0.25) is 0 Å². The third-order valence-electron chi connectivity index (χ3n) is 2.99. The standard InChI is InChI=1S/C11H25IN2/c1-9(2,3)13-10(4,5)11(6,7)14(8)12/h13H,1-8H3. The van der Waals surface area contributed by atoms with Crippen molar-refractivity contribution in [1.29, 1.82) is 0 Å². The topological polar surface area (TPSA) is 15.3 Å². The molecule has 0 aliphatic heterocycles. The van der Waals surface area contributed by atoms with E-state index in [9.17, 15) is 0 Å². The van der Waals surface area contributed by atoms with E-state index < -0.39 is 0 Å². The Balaban J connectivity index is 4.78. The molecule has 0 rings (SSSR count). The van der Waals surface area contributed by atoms with Crippen LogP contribution in [0.4, 0.5) is 0 Å². The quantitative estimate of drug-likeness (QED) is 0.636. The molecular formula is C11H25IN2. The molecular weight excluding hydrogens is 287 g/mol. The van der Waals surface area contributed by atoms with Crippen molar-refractivity contribution in [2.75, 3.05) is 7.05 Å². The lowest BCUT2D eigenvalue weighted by molar-refractivity contribution is 0.120. The number of hydrogen-bond acceptors (Lipinski definition) is 2. The summed E-state index contributed by atoms with van der Waals surface area (Å²) in [5.74, 6) is 0. The first-order valence-electron chi connectivity index (χ1n) is 5.09. The normalized spacial score (nSPS) is 15.0. The van der Waals surface area contributed by atoms with E-state index in [1.165, 1.54) is 0 Å². The zero-order valence-corrected chi connectivity index (χ0v) is 13.0. The van der Waals surface area contributed by atoms with E-state index in [0.717, 1.165) is 0 Å². The van der Waals surface area contributed by atoms with Crippen LogP contribution >= 0.6 is 22.9 Å². The van der Waals surface area contributed by atoms with Crippen LogP contribution in [0.25, 0.3) is 0 Å². The van der Waals surface area contributed by atoms with Crippen molar-refractivity contribution in [3.8, 4) is 0 Å². The Morgan fingerprint density at radius 2 is 1.29 bits per heavy atom. The molecule has 1 N–H and O–H groups in total. The third-order valence-corrected chi connectivity index (χ3v) is 4.19. The van der Waals surface area contributed by atoms with E-state index in [-0.39, 0.29) is 16.6 Å². The van der Waals surface area contributed by atoms with E-state index in [2.05, 4.69) is 86.8 Å². The molecule has 0 amide bonds. The van der Waals surface area contributed by atoms with Gasteiger partial charge in [0.25, 0.3) is 0 Å². The molecule has 2 nitrogen and oxygen atoms in total. The zero-order valence-electron chi connectivity index (χ0n) is 10.8. The first kappa shape index (κ1) is 14.6. The van der Waals surface area contributed by atoms with Crippen molar-refractivity contribution in [2.24, 2.45) is 0 Å². The number of likely N-dealkylation sites (N-methyl/N-ethyl adjacent to an activating group) is 1. The van der Waals surface area contributed by atoms with Crippen molar-refractivity contribution in [3.05, 3.63) is 0 Å². The molecule has 0 aromatic heterocycles. The van der Waals surface area contributed by atoms with Gasteiger partial charge < -0.3 is 5.32 Å². The van der Waals surface area contributed by atoms with Crippen LogP contribution in [-0.2, 0) is 0 Å². The maximum absolute atomic E-state index is 3.67. The highest BCUT2D eigenvalue weighted by Crippen LogP contribution is 2.30.